The molecule has 0 saturated carbocycles. The molecule has 0 radical (unpaired) electrons. The van der Waals surface area contributed by atoms with Crippen LogP contribution < -0.4 is 12.4 Å². The van der Waals surface area contributed by atoms with Gasteiger partial charge in [-0.3, -0.25) is 0 Å². The Morgan fingerprint density at radius 2 is 0.917 bits per heavy atom. The van der Waals surface area contributed by atoms with Crippen LogP contribution in [0.1, 0.15) is 169 Å². The Kier molecular flexibility index (Phi) is 30.0. The molecule has 1 unspecified atom stereocenters. The zero-order chi connectivity index (χ0) is 26.0. The monoisotopic (exact) mass is 533 g/mol. The predicted molar refractivity (Wildman–Crippen MR) is 156 cm³/mol. The highest BCUT2D eigenvalue weighted by Gasteiger charge is 2.27. The quantitative estimate of drug-likeness (QED) is 0.0591. The highest BCUT2D eigenvalue weighted by atomic mass is 35.5. The summed E-state index contributed by atoms with van der Waals surface area (Å²) in [7, 11) is 4.40. The summed E-state index contributed by atoms with van der Waals surface area (Å²) in [5, 5.41) is 0. The first-order valence-electron chi connectivity index (χ1n) is 16.1. The average Bonchev–Trinajstić information content (AvgIpc) is 2.83. The maximum atomic E-state index is 6.50. The lowest BCUT2D eigenvalue weighted by Gasteiger charge is -2.33. The van der Waals surface area contributed by atoms with Crippen LogP contribution >= 0.6 is 0 Å². The van der Waals surface area contributed by atoms with Crippen molar-refractivity contribution >= 4 is 0 Å². The Labute approximate surface area is 234 Å². The van der Waals surface area contributed by atoms with Gasteiger partial charge < -0.3 is 17.1 Å². The van der Waals surface area contributed by atoms with E-state index in [0.29, 0.717) is 4.65 Å². The number of ether oxygens (including phenoxy) is 1. The topological polar surface area (TPSA) is 18.5 Å². The van der Waals surface area contributed by atoms with Crippen LogP contribution in [0.3, 0.4) is 0 Å². The highest BCUT2D eigenvalue weighted by molar-refractivity contribution is 4.66. The van der Waals surface area contributed by atoms with Gasteiger partial charge in [-0.15, -0.1) is 0 Å². The van der Waals surface area contributed by atoms with Crippen LogP contribution in [0.4, 0.5) is 0 Å². The molecule has 4 heteroatoms. The molecule has 0 fully saturated rings. The Hall–Kier alpha value is 0.170. The molecular weight excluding hydrogens is 466 g/mol. The summed E-state index contributed by atoms with van der Waals surface area (Å²) in [6.07, 6.45) is 30.1. The Morgan fingerprint density at radius 3 is 1.36 bits per heavy atom. The molecule has 3 nitrogen and oxygen atoms in total. The molecule has 0 bridgehead atoms. The minimum atomic E-state index is 0. The number of unbranched alkanes of at least 4 members (excludes halogenated alkanes) is 18. The molecule has 0 aromatic heterocycles. The third-order valence-electron chi connectivity index (χ3n) is 7.45. The molecule has 0 heterocycles. The molecule has 0 N–H and O–H groups in total. The molecule has 36 heavy (non-hydrogen) atoms. The Bertz CT molecular complexity index is 419. The fraction of sp³-hybridized carbons (Fsp3) is 1.00. The molecular formula is C32H68ClNO2. The maximum Gasteiger partial charge on any atom is 0.140 e. The Balaban J connectivity index is 0. The van der Waals surface area contributed by atoms with Gasteiger partial charge in [-0.05, 0) is 26.2 Å². The first-order valence-corrected chi connectivity index (χ1v) is 16.1. The van der Waals surface area contributed by atoms with E-state index in [1.54, 1.807) is 0 Å². The second kappa shape index (κ2) is 28.2. The van der Waals surface area contributed by atoms with E-state index in [1.165, 1.54) is 135 Å². The third kappa shape index (κ3) is 25.8. The molecule has 0 amide bonds. The van der Waals surface area contributed by atoms with Crippen LogP contribution in [0.2, 0.25) is 0 Å². The van der Waals surface area contributed by atoms with Gasteiger partial charge in [0.15, 0.2) is 0 Å². The number of nitrogens with zero attached hydrogens (tertiary/aromatic N) is 1. The van der Waals surface area contributed by atoms with E-state index in [9.17, 15) is 0 Å². The van der Waals surface area contributed by atoms with Crippen LogP contribution in [0.15, 0.2) is 0 Å². The van der Waals surface area contributed by atoms with E-state index >= 15 is 0 Å². The summed E-state index contributed by atoms with van der Waals surface area (Å²) in [5.41, 5.74) is 0. The van der Waals surface area contributed by atoms with Crippen molar-refractivity contribution in [3.8, 4) is 0 Å². The van der Waals surface area contributed by atoms with Gasteiger partial charge in [-0.2, -0.15) is 9.48 Å². The van der Waals surface area contributed by atoms with Gasteiger partial charge in [0, 0.05) is 6.61 Å². The molecule has 0 aliphatic carbocycles. The molecule has 2 atom stereocenters. The average molecular weight is 534 g/mol. The van der Waals surface area contributed by atoms with Gasteiger partial charge in [0.25, 0.3) is 0 Å². The first kappa shape index (κ1) is 38.3. The molecule has 0 aromatic rings. The highest BCUT2D eigenvalue weighted by Crippen LogP contribution is 2.19. The molecule has 0 rings (SSSR count). The number of hydrogen-bond acceptors (Lipinski definition) is 2. The summed E-state index contributed by atoms with van der Waals surface area (Å²) in [5.74, 6) is 0. The number of quaternary nitrogens is 1. The molecule has 220 valence electrons. The maximum absolute atomic E-state index is 6.50. The van der Waals surface area contributed by atoms with Gasteiger partial charge >= 0.3 is 0 Å². The summed E-state index contributed by atoms with van der Waals surface area (Å²) >= 11 is 0. The molecule has 0 aliphatic heterocycles. The molecule has 0 spiro atoms. The summed E-state index contributed by atoms with van der Waals surface area (Å²) in [6.45, 7) is 11.1. The van der Waals surface area contributed by atoms with Crippen LogP contribution in [-0.4, -0.2) is 44.1 Å². The van der Waals surface area contributed by atoms with E-state index < -0.39 is 0 Å². The SMILES string of the molecule is CCCCCCCCCCCCCC(OCCCCCCCCCC)[C@H](C)O[N+](C)(C)CCCC.[Cl-]. The van der Waals surface area contributed by atoms with E-state index in [0.717, 1.165) is 19.6 Å². The number of hydrogen-bond donors (Lipinski definition) is 0. The lowest BCUT2D eigenvalue weighted by atomic mass is 10.0. The minimum Gasteiger partial charge on any atom is -1.00 e. The van der Waals surface area contributed by atoms with E-state index in [1.807, 2.05) is 0 Å². The van der Waals surface area contributed by atoms with Crippen molar-refractivity contribution in [1.29, 1.82) is 0 Å². The number of hydroxylamine groups is 3. The number of halogens is 1. The van der Waals surface area contributed by atoms with Gasteiger partial charge in [0.05, 0.1) is 20.2 Å². The molecule has 0 saturated heterocycles. The van der Waals surface area contributed by atoms with Crippen molar-refractivity contribution in [1.82, 2.24) is 0 Å². The second-order valence-electron chi connectivity index (χ2n) is 11.7. The molecule has 0 aliphatic rings. The van der Waals surface area contributed by atoms with Gasteiger partial charge in [0.2, 0.25) is 0 Å². The van der Waals surface area contributed by atoms with Gasteiger partial charge in [-0.1, -0.05) is 143 Å². The second-order valence-corrected chi connectivity index (χ2v) is 11.7. The van der Waals surface area contributed by atoms with Crippen LogP contribution in [-0.2, 0) is 9.57 Å². The van der Waals surface area contributed by atoms with Crippen molar-refractivity contribution in [2.45, 2.75) is 181 Å². The van der Waals surface area contributed by atoms with Crippen molar-refractivity contribution < 1.29 is 26.6 Å². The first-order chi connectivity index (χ1) is 17.0. The fourth-order valence-corrected chi connectivity index (χ4v) is 5.04. The van der Waals surface area contributed by atoms with E-state index in [2.05, 4.69) is 41.8 Å². The van der Waals surface area contributed by atoms with Gasteiger partial charge in [-0.25, -0.2) is 0 Å². The van der Waals surface area contributed by atoms with Crippen LogP contribution in [0.25, 0.3) is 0 Å². The zero-order valence-corrected chi connectivity index (χ0v) is 26.5. The van der Waals surface area contributed by atoms with Crippen molar-refractivity contribution in [2.24, 2.45) is 0 Å². The smallest absolute Gasteiger partial charge is 0.140 e. The van der Waals surface area contributed by atoms with Crippen molar-refractivity contribution in [2.75, 3.05) is 27.2 Å². The Morgan fingerprint density at radius 1 is 0.528 bits per heavy atom. The van der Waals surface area contributed by atoms with E-state index in [4.69, 9.17) is 9.57 Å². The summed E-state index contributed by atoms with van der Waals surface area (Å²) in [4.78, 5) is 6.50. The fourth-order valence-electron chi connectivity index (χ4n) is 5.04. The lowest BCUT2D eigenvalue weighted by molar-refractivity contribution is -1.08. The standard InChI is InChI=1S/C32H68NO2.ClH/c1-7-10-13-15-17-19-20-21-22-24-26-28-32(31(4)35-33(5,6)29-12-9-3)34-30-27-25-23-18-16-14-11-8-2;/h31-32H,7-30H2,1-6H3;1H/q+1;/p-1/t31-,32?;/m0./s1. The third-order valence-corrected chi connectivity index (χ3v) is 7.45. The summed E-state index contributed by atoms with van der Waals surface area (Å²) in [6, 6.07) is 0. The largest absolute Gasteiger partial charge is 1.00 e. The van der Waals surface area contributed by atoms with E-state index in [-0.39, 0.29) is 24.6 Å². The van der Waals surface area contributed by atoms with Crippen molar-refractivity contribution in [3.05, 3.63) is 0 Å². The minimum absolute atomic E-state index is 0. The van der Waals surface area contributed by atoms with Crippen LogP contribution in [0, 0.1) is 0 Å². The van der Waals surface area contributed by atoms with Gasteiger partial charge in [0.1, 0.15) is 12.6 Å². The zero-order valence-electron chi connectivity index (χ0n) is 25.8. The van der Waals surface area contributed by atoms with Crippen LogP contribution in [0.5, 0.6) is 0 Å². The number of rotatable bonds is 28. The normalized spacial score (nSPS) is 13.5. The summed E-state index contributed by atoms with van der Waals surface area (Å²) < 4.78 is 7.10. The lowest BCUT2D eigenvalue weighted by Crippen LogP contribution is -3.00. The van der Waals surface area contributed by atoms with Crippen molar-refractivity contribution in [3.63, 3.8) is 0 Å². The predicted octanol–water partition coefficient (Wildman–Crippen LogP) is 7.41. The molecule has 0 aromatic carbocycles.